The highest BCUT2D eigenvalue weighted by molar-refractivity contribution is 9.10. The molecule has 0 aliphatic heterocycles. The smallest absolute Gasteiger partial charge is 0.255 e. The zero-order valence-electron chi connectivity index (χ0n) is 10.3. The Morgan fingerprint density at radius 3 is 2.78 bits per heavy atom. The lowest BCUT2D eigenvalue weighted by Crippen LogP contribution is -2.34. The topological polar surface area (TPSA) is 20.3 Å². The second-order valence-corrected chi connectivity index (χ2v) is 5.19. The lowest BCUT2D eigenvalue weighted by atomic mass is 10.2. The molecule has 0 unspecified atom stereocenters. The molecule has 0 aromatic heterocycles. The van der Waals surface area contributed by atoms with Crippen LogP contribution >= 0.6 is 27.5 Å². The van der Waals surface area contributed by atoms with Crippen molar-refractivity contribution in [2.75, 3.05) is 19.0 Å². The minimum atomic E-state index is -0.414. The molecule has 0 aliphatic carbocycles. The fourth-order valence-corrected chi connectivity index (χ4v) is 2.22. The highest BCUT2D eigenvalue weighted by Gasteiger charge is 2.18. The molecule has 0 atom stereocenters. The third kappa shape index (κ3) is 4.25. The van der Waals surface area contributed by atoms with Crippen molar-refractivity contribution in [3.05, 3.63) is 34.1 Å². The van der Waals surface area contributed by atoms with Crippen LogP contribution in [0.4, 0.5) is 4.39 Å². The van der Waals surface area contributed by atoms with E-state index < -0.39 is 5.82 Å². The molecule has 0 N–H and O–H groups in total. The van der Waals surface area contributed by atoms with Crippen molar-refractivity contribution in [2.45, 2.75) is 19.8 Å². The molecule has 1 aromatic rings. The van der Waals surface area contributed by atoms with Gasteiger partial charge >= 0.3 is 0 Å². The maximum absolute atomic E-state index is 13.2. The highest BCUT2D eigenvalue weighted by Crippen LogP contribution is 2.20. The van der Waals surface area contributed by atoms with Gasteiger partial charge in [0, 0.05) is 23.4 Å². The number of carbonyl (C=O) groups is 1. The van der Waals surface area contributed by atoms with Crippen LogP contribution in [0.1, 0.15) is 30.1 Å². The molecule has 1 aromatic carbocycles. The van der Waals surface area contributed by atoms with Gasteiger partial charge in [0.15, 0.2) is 0 Å². The normalized spacial score (nSPS) is 10.4. The largest absolute Gasteiger partial charge is 0.337 e. The monoisotopic (exact) mass is 335 g/mol. The summed E-state index contributed by atoms with van der Waals surface area (Å²) in [4.78, 5) is 13.9. The van der Waals surface area contributed by atoms with Gasteiger partial charge in [0.05, 0.1) is 5.56 Å². The summed E-state index contributed by atoms with van der Waals surface area (Å²) in [5.41, 5.74) is 0.344. The molecule has 1 rings (SSSR count). The van der Waals surface area contributed by atoms with Crippen molar-refractivity contribution in [3.8, 4) is 0 Å². The Bertz CT molecular complexity index is 414. The van der Waals surface area contributed by atoms with Crippen LogP contribution in [0.15, 0.2) is 22.7 Å². The number of amides is 1. The van der Waals surface area contributed by atoms with Gasteiger partial charge in [-0.15, -0.1) is 11.6 Å². The van der Waals surface area contributed by atoms with E-state index in [1.165, 1.54) is 12.1 Å². The fraction of sp³-hybridized carbons (Fsp3) is 0.462. The van der Waals surface area contributed by atoms with E-state index in [9.17, 15) is 9.18 Å². The summed E-state index contributed by atoms with van der Waals surface area (Å²) in [6.45, 7) is 3.18. The van der Waals surface area contributed by atoms with Gasteiger partial charge in [0.1, 0.15) is 5.82 Å². The van der Waals surface area contributed by atoms with E-state index in [4.69, 9.17) is 11.6 Å². The van der Waals surface area contributed by atoms with Gasteiger partial charge < -0.3 is 4.90 Å². The molecule has 0 radical (unpaired) electrons. The molecule has 0 aliphatic rings. The standard InChI is InChI=1S/C13H16BrClFNO/c1-2-3-7-17(8-6-15)13(18)11-9-10(16)4-5-12(11)14/h4-5,9H,2-3,6-8H2,1H3. The van der Waals surface area contributed by atoms with Crippen LogP contribution in [0, 0.1) is 5.82 Å². The predicted molar refractivity (Wildman–Crippen MR) is 75.6 cm³/mol. The number of benzene rings is 1. The van der Waals surface area contributed by atoms with Gasteiger partial charge in [-0.3, -0.25) is 4.79 Å². The van der Waals surface area contributed by atoms with Crippen LogP contribution in [0.5, 0.6) is 0 Å². The van der Waals surface area contributed by atoms with Crippen LogP contribution in [0.3, 0.4) is 0 Å². The van der Waals surface area contributed by atoms with Crippen molar-refractivity contribution < 1.29 is 9.18 Å². The number of carbonyl (C=O) groups excluding carboxylic acids is 1. The highest BCUT2D eigenvalue weighted by atomic mass is 79.9. The first-order valence-corrected chi connectivity index (χ1v) is 7.23. The summed E-state index contributed by atoms with van der Waals surface area (Å²) < 4.78 is 13.8. The average molecular weight is 337 g/mol. The van der Waals surface area contributed by atoms with Crippen molar-refractivity contribution in [3.63, 3.8) is 0 Å². The maximum Gasteiger partial charge on any atom is 0.255 e. The van der Waals surface area contributed by atoms with E-state index >= 15 is 0 Å². The van der Waals surface area contributed by atoms with Crippen molar-refractivity contribution in [1.82, 2.24) is 4.90 Å². The Labute approximate surface area is 120 Å². The minimum Gasteiger partial charge on any atom is -0.337 e. The van der Waals surface area contributed by atoms with E-state index in [1.807, 2.05) is 0 Å². The van der Waals surface area contributed by atoms with Crippen LogP contribution < -0.4 is 0 Å². The molecule has 2 nitrogen and oxygen atoms in total. The second kappa shape index (κ2) is 7.74. The first-order valence-electron chi connectivity index (χ1n) is 5.90. The number of alkyl halides is 1. The van der Waals surface area contributed by atoms with Crippen LogP contribution in [-0.2, 0) is 0 Å². The molecule has 18 heavy (non-hydrogen) atoms. The van der Waals surface area contributed by atoms with Gasteiger partial charge in [-0.05, 0) is 40.5 Å². The first kappa shape index (κ1) is 15.4. The number of nitrogens with zero attached hydrogens (tertiary/aromatic N) is 1. The zero-order chi connectivity index (χ0) is 13.5. The molecule has 0 bridgehead atoms. The summed E-state index contributed by atoms with van der Waals surface area (Å²) in [7, 11) is 0. The Hall–Kier alpha value is -0.610. The molecule has 0 heterocycles. The summed E-state index contributed by atoms with van der Waals surface area (Å²) in [5, 5.41) is 0. The third-order valence-corrected chi connectivity index (χ3v) is 3.44. The Balaban J connectivity index is 2.90. The predicted octanol–water partition coefficient (Wildman–Crippen LogP) is 4.07. The molecule has 0 spiro atoms. The zero-order valence-corrected chi connectivity index (χ0v) is 12.6. The summed E-state index contributed by atoms with van der Waals surface area (Å²) in [6.07, 6.45) is 1.91. The summed E-state index contributed by atoms with van der Waals surface area (Å²) >= 11 is 8.97. The summed E-state index contributed by atoms with van der Waals surface area (Å²) in [5.74, 6) is -0.221. The minimum absolute atomic E-state index is 0.185. The van der Waals surface area contributed by atoms with Gasteiger partial charge in [-0.1, -0.05) is 13.3 Å². The van der Waals surface area contributed by atoms with Gasteiger partial charge in [0.2, 0.25) is 0 Å². The Morgan fingerprint density at radius 1 is 1.44 bits per heavy atom. The molecule has 0 saturated carbocycles. The number of unbranched alkanes of at least 4 members (excludes halogenated alkanes) is 1. The van der Waals surface area contributed by atoms with Crippen molar-refractivity contribution in [2.24, 2.45) is 0 Å². The fourth-order valence-electron chi connectivity index (χ4n) is 1.60. The van der Waals surface area contributed by atoms with Crippen LogP contribution in [-0.4, -0.2) is 29.8 Å². The summed E-state index contributed by atoms with van der Waals surface area (Å²) in [6, 6.07) is 4.11. The van der Waals surface area contributed by atoms with Crippen molar-refractivity contribution in [1.29, 1.82) is 0 Å². The Kier molecular flexibility index (Phi) is 6.65. The van der Waals surface area contributed by atoms with Crippen LogP contribution in [0.2, 0.25) is 0 Å². The first-order chi connectivity index (χ1) is 8.60. The van der Waals surface area contributed by atoms with E-state index in [0.717, 1.165) is 12.8 Å². The Morgan fingerprint density at radius 2 is 2.17 bits per heavy atom. The molecule has 0 fully saturated rings. The van der Waals surface area contributed by atoms with E-state index in [0.29, 0.717) is 29.0 Å². The number of halogens is 3. The molecular weight excluding hydrogens is 321 g/mol. The SMILES string of the molecule is CCCCN(CCCl)C(=O)c1cc(F)ccc1Br. The lowest BCUT2D eigenvalue weighted by molar-refractivity contribution is 0.0762. The lowest BCUT2D eigenvalue weighted by Gasteiger charge is -2.22. The maximum atomic E-state index is 13.2. The molecule has 0 saturated heterocycles. The average Bonchev–Trinajstić information content (AvgIpc) is 2.36. The molecular formula is C13H16BrClFNO. The number of rotatable bonds is 6. The van der Waals surface area contributed by atoms with Gasteiger partial charge in [0.25, 0.3) is 5.91 Å². The van der Waals surface area contributed by atoms with Gasteiger partial charge in [-0.25, -0.2) is 4.39 Å². The van der Waals surface area contributed by atoms with Crippen molar-refractivity contribution >= 4 is 33.4 Å². The van der Waals surface area contributed by atoms with Crippen LogP contribution in [0.25, 0.3) is 0 Å². The van der Waals surface area contributed by atoms with E-state index in [1.54, 1.807) is 11.0 Å². The molecule has 100 valence electrons. The number of hydrogen-bond donors (Lipinski definition) is 0. The quantitative estimate of drug-likeness (QED) is 0.717. The number of hydrogen-bond acceptors (Lipinski definition) is 1. The van der Waals surface area contributed by atoms with E-state index in [-0.39, 0.29) is 5.91 Å². The van der Waals surface area contributed by atoms with E-state index in [2.05, 4.69) is 22.9 Å². The molecule has 1 amide bonds. The second-order valence-electron chi connectivity index (χ2n) is 3.96. The third-order valence-electron chi connectivity index (χ3n) is 2.58. The molecule has 5 heteroatoms. The van der Waals surface area contributed by atoms with Gasteiger partial charge in [-0.2, -0.15) is 0 Å².